The van der Waals surface area contributed by atoms with Gasteiger partial charge in [0.2, 0.25) is 0 Å². The van der Waals surface area contributed by atoms with Crippen molar-refractivity contribution in [2.45, 2.75) is 58.9 Å². The molecule has 0 unspecified atom stereocenters. The van der Waals surface area contributed by atoms with E-state index in [0.29, 0.717) is 42.2 Å². The Kier molecular flexibility index (Phi) is 16.9. The predicted octanol–water partition coefficient (Wildman–Crippen LogP) is 6.25. The van der Waals surface area contributed by atoms with Crippen molar-refractivity contribution < 1.29 is 29.0 Å². The summed E-state index contributed by atoms with van der Waals surface area (Å²) in [5.74, 6) is 0.795. The molecule has 4 aromatic carbocycles. The highest BCUT2D eigenvalue weighted by atomic mass is 16.5. The van der Waals surface area contributed by atoms with Gasteiger partial charge < -0.3 is 37.3 Å². The molecule has 290 valence electrons. The number of fused-ring (bicyclic) bond motifs is 3. The topological polar surface area (TPSA) is 233 Å². The van der Waals surface area contributed by atoms with E-state index in [-0.39, 0.29) is 17.9 Å². The first-order chi connectivity index (χ1) is 26.3. The molecule has 0 amide bonds. The molecule has 13 nitrogen and oxygen atoms in total. The van der Waals surface area contributed by atoms with E-state index in [1.54, 1.807) is 32.3 Å². The van der Waals surface area contributed by atoms with Gasteiger partial charge in [-0.25, -0.2) is 9.78 Å². The fourth-order valence-corrected chi connectivity index (χ4v) is 5.93. The summed E-state index contributed by atoms with van der Waals surface area (Å²) in [6.45, 7) is 6.20. The minimum atomic E-state index is -0.307. The fraction of sp³-hybridized carbons (Fsp3) is 0.310. The zero-order valence-electron chi connectivity index (χ0n) is 31.8. The number of benzene rings is 4. The molecule has 7 rings (SSSR count). The normalized spacial score (nSPS) is 14.4. The van der Waals surface area contributed by atoms with Crippen LogP contribution in [-0.2, 0) is 27.8 Å². The van der Waals surface area contributed by atoms with Gasteiger partial charge in [0.15, 0.2) is 5.78 Å². The number of ether oxygens (including phenoxy) is 1. The first-order valence-corrected chi connectivity index (χ1v) is 18.0. The van der Waals surface area contributed by atoms with Gasteiger partial charge in [-0.3, -0.25) is 9.78 Å². The van der Waals surface area contributed by atoms with Crippen LogP contribution in [0.1, 0.15) is 72.7 Å². The maximum absolute atomic E-state index is 11.7. The first kappa shape index (κ1) is 43.3. The number of aryl methyl sites for hydroxylation is 2. The van der Waals surface area contributed by atoms with Crippen molar-refractivity contribution in [2.75, 3.05) is 30.4 Å². The largest absolute Gasteiger partial charge is 0.462 e. The van der Waals surface area contributed by atoms with E-state index in [2.05, 4.69) is 23.0 Å². The molecule has 1 aliphatic rings. The van der Waals surface area contributed by atoms with Crippen LogP contribution in [0.2, 0.25) is 0 Å². The van der Waals surface area contributed by atoms with Gasteiger partial charge >= 0.3 is 12.1 Å². The molecule has 0 atom stereocenters. The highest BCUT2D eigenvalue weighted by Crippen LogP contribution is 2.24. The van der Waals surface area contributed by atoms with Crippen LogP contribution in [-0.4, -0.2) is 56.8 Å². The number of ketones is 1. The molecule has 9 N–H and O–H groups in total. The monoisotopic (exact) mass is 749 g/mol. The Bertz CT molecular complexity index is 2220. The Morgan fingerprint density at radius 3 is 2.15 bits per heavy atom. The van der Waals surface area contributed by atoms with E-state index in [4.69, 9.17) is 42.4 Å². The highest BCUT2D eigenvalue weighted by Gasteiger charge is 2.17. The van der Waals surface area contributed by atoms with E-state index in [9.17, 15) is 9.59 Å². The Labute approximate surface area is 320 Å². The zero-order chi connectivity index (χ0) is 40.5. The number of hydrogen-bond donors (Lipinski definition) is 5. The van der Waals surface area contributed by atoms with E-state index in [0.717, 1.165) is 76.1 Å². The van der Waals surface area contributed by atoms with Gasteiger partial charge in [-0.15, -0.1) is 0 Å². The molecule has 0 bridgehead atoms. The molecular formula is C42H51N7O6. The van der Waals surface area contributed by atoms with Gasteiger partial charge in [0.25, 0.3) is 0 Å². The van der Waals surface area contributed by atoms with E-state index in [1.165, 1.54) is 5.56 Å². The summed E-state index contributed by atoms with van der Waals surface area (Å²) >= 11 is 0. The number of aliphatic hydroxyl groups excluding tert-OH is 1. The van der Waals surface area contributed by atoms with Gasteiger partial charge in [-0.2, -0.15) is 9.59 Å². The fourth-order valence-electron chi connectivity index (χ4n) is 5.93. The Hall–Kier alpha value is -6.14. The number of carbonyl (C=O) groups is 2. The van der Waals surface area contributed by atoms with Crippen LogP contribution in [0.5, 0.6) is 0 Å². The number of hydrogen-bond acceptors (Lipinski definition) is 12. The number of aromatic nitrogens is 3. The first-order valence-electron chi connectivity index (χ1n) is 18.0. The van der Waals surface area contributed by atoms with Gasteiger partial charge in [0.1, 0.15) is 5.82 Å². The molecule has 13 heteroatoms. The predicted molar refractivity (Wildman–Crippen MR) is 217 cm³/mol. The summed E-state index contributed by atoms with van der Waals surface area (Å²) in [5, 5.41) is 11.7. The van der Waals surface area contributed by atoms with E-state index < -0.39 is 0 Å². The van der Waals surface area contributed by atoms with Gasteiger partial charge in [-0.05, 0) is 117 Å². The van der Waals surface area contributed by atoms with Crippen molar-refractivity contribution in [2.24, 2.45) is 18.7 Å². The van der Waals surface area contributed by atoms with Gasteiger partial charge in [-0.1, -0.05) is 31.2 Å². The highest BCUT2D eigenvalue weighted by molar-refractivity contribution is 6.05. The number of nitrogens with two attached hydrogens (primary N) is 4. The second-order valence-electron chi connectivity index (χ2n) is 13.0. The molecule has 1 aliphatic carbocycles. The minimum absolute atomic E-state index is 0.0868. The number of nitrogens with zero attached hydrogens (tertiary/aromatic N) is 3. The number of aliphatic hydroxyl groups is 1. The summed E-state index contributed by atoms with van der Waals surface area (Å²) < 4.78 is 6.89. The summed E-state index contributed by atoms with van der Waals surface area (Å²) in [5.41, 5.74) is 29.3. The molecule has 0 saturated heterocycles. The molecule has 2 aromatic heterocycles. The number of anilines is 3. The Balaban J connectivity index is 0.000000195. The van der Waals surface area contributed by atoms with Crippen molar-refractivity contribution in [3.63, 3.8) is 0 Å². The number of Topliss-reactive ketones (excluding diaryl/α,β-unsaturated/α-hetero) is 1. The minimum Gasteiger partial charge on any atom is -0.462 e. The van der Waals surface area contributed by atoms with Crippen LogP contribution in [0.3, 0.4) is 0 Å². The Morgan fingerprint density at radius 1 is 0.873 bits per heavy atom. The maximum atomic E-state index is 11.7. The van der Waals surface area contributed by atoms with Crippen LogP contribution >= 0.6 is 0 Å². The van der Waals surface area contributed by atoms with Crippen LogP contribution in [0.4, 0.5) is 17.2 Å². The molecule has 6 aromatic rings. The van der Waals surface area contributed by atoms with Crippen LogP contribution in [0, 0.1) is 5.92 Å². The smallest absolute Gasteiger partial charge is 0.373 e. The standard InChI is InChI=1S/C12H14N2O2.C12H11NO.C10H11N3.C7H15NO.CO2/c1-3-16-12(15)10-7-14(2)11-5-4-8(13)6-9(10)11;1-8(14)9-2-3-11-7-12(13)5-4-10(11)6-9;1-2-7-3-4-8-9(5-7)12-6-10(11)13-8;8-7-3-1-6(5-9)2-4-7;2-1-3/h4-7H,3,13H2,1-2H3;2-7H,13H2,1H3;3-6H,2H2,1H3,(H2,11,13);6-7,9H,1-5,8H2;. The van der Waals surface area contributed by atoms with Crippen LogP contribution in [0.15, 0.2) is 85.2 Å². The summed E-state index contributed by atoms with van der Waals surface area (Å²) in [7, 11) is 1.89. The quantitative estimate of drug-likeness (QED) is 0.0748. The van der Waals surface area contributed by atoms with Crippen molar-refractivity contribution in [1.29, 1.82) is 0 Å². The molecule has 55 heavy (non-hydrogen) atoms. The number of carbonyl (C=O) groups excluding carboxylic acids is 4. The lowest BCUT2D eigenvalue weighted by Crippen LogP contribution is -2.27. The molecular weight excluding hydrogens is 699 g/mol. The molecule has 1 fully saturated rings. The molecule has 2 heterocycles. The van der Waals surface area contributed by atoms with Crippen molar-refractivity contribution in [3.05, 3.63) is 102 Å². The lowest BCUT2D eigenvalue weighted by atomic mass is 9.87. The lowest BCUT2D eigenvalue weighted by molar-refractivity contribution is -0.191. The summed E-state index contributed by atoms with van der Waals surface area (Å²) in [6.07, 6.45) is 9.07. The van der Waals surface area contributed by atoms with Crippen molar-refractivity contribution in [1.82, 2.24) is 14.5 Å². The molecule has 0 aliphatic heterocycles. The van der Waals surface area contributed by atoms with E-state index in [1.807, 2.05) is 72.3 Å². The zero-order valence-corrected chi connectivity index (χ0v) is 31.8. The van der Waals surface area contributed by atoms with Crippen molar-refractivity contribution in [3.8, 4) is 0 Å². The number of rotatable bonds is 5. The van der Waals surface area contributed by atoms with Crippen LogP contribution in [0.25, 0.3) is 32.7 Å². The van der Waals surface area contributed by atoms with Crippen molar-refractivity contribution >= 4 is 67.8 Å². The SMILES string of the molecule is CC(=O)c1ccc2cc(N)ccc2c1.CCOC(=O)c1cn(C)c2ccc(N)cc12.CCc1ccc2nc(N)cnc2c1.NC1CCC(CO)CC1.O=C=O. The number of esters is 1. The average Bonchev–Trinajstić information content (AvgIpc) is 3.50. The third-order valence-corrected chi connectivity index (χ3v) is 8.96. The number of nitrogen functional groups attached to an aromatic ring is 3. The second kappa shape index (κ2) is 21.5. The Morgan fingerprint density at radius 2 is 1.51 bits per heavy atom. The van der Waals surface area contributed by atoms with E-state index >= 15 is 0 Å². The third kappa shape index (κ3) is 13.0. The maximum Gasteiger partial charge on any atom is 0.373 e. The molecule has 0 radical (unpaired) electrons. The van der Waals surface area contributed by atoms with Gasteiger partial charge in [0.05, 0.1) is 29.4 Å². The van der Waals surface area contributed by atoms with Gasteiger partial charge in [0, 0.05) is 53.7 Å². The third-order valence-electron chi connectivity index (χ3n) is 8.96. The molecule has 0 spiro atoms. The molecule has 1 saturated carbocycles. The summed E-state index contributed by atoms with van der Waals surface area (Å²) in [4.78, 5) is 47.5. The second-order valence-corrected chi connectivity index (χ2v) is 13.0. The van der Waals surface area contributed by atoms with Crippen LogP contribution < -0.4 is 22.9 Å². The lowest BCUT2D eigenvalue weighted by Gasteiger charge is -2.23. The average molecular weight is 750 g/mol. The summed E-state index contributed by atoms with van der Waals surface area (Å²) in [6, 6.07) is 23.3.